The van der Waals surface area contributed by atoms with Gasteiger partial charge in [-0.25, -0.2) is 8.98 Å². The maximum absolute atomic E-state index is 11.9. The van der Waals surface area contributed by atoms with Crippen molar-refractivity contribution in [3.8, 4) is 0 Å². The lowest BCUT2D eigenvalue weighted by Crippen LogP contribution is -2.39. The van der Waals surface area contributed by atoms with Gasteiger partial charge in [0.1, 0.15) is 12.7 Å². The number of rotatable bonds is 15. The van der Waals surface area contributed by atoms with Crippen molar-refractivity contribution in [2.45, 2.75) is 89.4 Å². The van der Waals surface area contributed by atoms with Crippen molar-refractivity contribution in [2.24, 2.45) is 0 Å². The molecular formula is C18H30O10S. The number of carbonyl (C=O) groups is 3. The number of ketones is 1. The topological polar surface area (TPSA) is 154 Å². The highest BCUT2D eigenvalue weighted by Crippen LogP contribution is 2.19. The van der Waals surface area contributed by atoms with Crippen LogP contribution in [0.25, 0.3) is 0 Å². The summed E-state index contributed by atoms with van der Waals surface area (Å²) in [5.41, 5.74) is 0. The maximum Gasteiger partial charge on any atom is 0.398 e. The van der Waals surface area contributed by atoms with Crippen LogP contribution in [0.15, 0.2) is 0 Å². The molecule has 1 fully saturated rings. The van der Waals surface area contributed by atoms with E-state index in [1.165, 1.54) is 32.1 Å². The van der Waals surface area contributed by atoms with Crippen molar-refractivity contribution in [1.82, 2.24) is 0 Å². The Labute approximate surface area is 170 Å². The fraction of sp³-hybridized carbons (Fsp3) is 0.833. The van der Waals surface area contributed by atoms with Crippen molar-refractivity contribution in [3.63, 3.8) is 0 Å². The summed E-state index contributed by atoms with van der Waals surface area (Å²) < 4.78 is 43.2. The molecule has 0 bridgehead atoms. The van der Waals surface area contributed by atoms with E-state index in [9.17, 15) is 27.9 Å². The Kier molecular flexibility index (Phi) is 11.3. The normalized spacial score (nSPS) is 20.5. The van der Waals surface area contributed by atoms with Crippen LogP contribution in [0, 0.1) is 0 Å². The maximum atomic E-state index is 11.9. The van der Waals surface area contributed by atoms with Gasteiger partial charge in [-0.3, -0.25) is 14.1 Å². The second-order valence-corrected chi connectivity index (χ2v) is 8.04. The molecule has 1 aliphatic rings. The lowest BCUT2D eigenvalue weighted by atomic mass is 10.1. The first-order valence-corrected chi connectivity index (χ1v) is 11.3. The van der Waals surface area contributed by atoms with Crippen molar-refractivity contribution in [3.05, 3.63) is 0 Å². The van der Waals surface area contributed by atoms with E-state index in [0.29, 0.717) is 6.42 Å². The van der Waals surface area contributed by atoms with Crippen LogP contribution in [0.5, 0.6) is 0 Å². The molecule has 2 N–H and O–H groups in total. The third kappa shape index (κ3) is 10.2. The smallest absolute Gasteiger partial charge is 0.398 e. The molecule has 0 spiro atoms. The molecule has 1 aliphatic heterocycles. The van der Waals surface area contributed by atoms with Crippen molar-refractivity contribution in [2.75, 3.05) is 6.61 Å². The highest BCUT2D eigenvalue weighted by atomic mass is 32.3. The van der Waals surface area contributed by atoms with Crippen LogP contribution < -0.4 is 0 Å². The molecule has 168 valence electrons. The van der Waals surface area contributed by atoms with Gasteiger partial charge in [-0.1, -0.05) is 58.3 Å². The molecule has 0 aromatic heterocycles. The quantitative estimate of drug-likeness (QED) is 0.166. The van der Waals surface area contributed by atoms with Gasteiger partial charge >= 0.3 is 22.3 Å². The predicted octanol–water partition coefficient (Wildman–Crippen LogP) is 1.49. The molecule has 1 unspecified atom stereocenters. The van der Waals surface area contributed by atoms with Gasteiger partial charge in [0, 0.05) is 6.42 Å². The molecule has 11 heteroatoms. The number of esters is 2. The summed E-state index contributed by atoms with van der Waals surface area (Å²) in [5.74, 6) is -3.11. The van der Waals surface area contributed by atoms with E-state index < -0.39 is 53.0 Å². The number of unbranched alkanes of at least 4 members (excludes halogenated alkanes) is 8. The highest BCUT2D eigenvalue weighted by molar-refractivity contribution is 7.81. The monoisotopic (exact) mass is 438 g/mol. The minimum Gasteiger partial charge on any atom is -0.463 e. The summed E-state index contributed by atoms with van der Waals surface area (Å²) in [6, 6.07) is 0. The first-order valence-electron chi connectivity index (χ1n) is 9.89. The molecule has 3 atom stereocenters. The van der Waals surface area contributed by atoms with Crippen LogP contribution in [0.3, 0.4) is 0 Å². The van der Waals surface area contributed by atoms with Gasteiger partial charge in [-0.2, -0.15) is 8.42 Å². The minimum atomic E-state index is -5.06. The van der Waals surface area contributed by atoms with E-state index in [4.69, 9.17) is 9.29 Å². The summed E-state index contributed by atoms with van der Waals surface area (Å²) in [6.45, 7) is 1.57. The number of cyclic esters (lactones) is 1. The lowest BCUT2D eigenvalue weighted by molar-refractivity contribution is -0.156. The second kappa shape index (κ2) is 12.9. The first-order chi connectivity index (χ1) is 13.7. The van der Waals surface area contributed by atoms with E-state index >= 15 is 0 Å². The zero-order valence-corrected chi connectivity index (χ0v) is 17.4. The van der Waals surface area contributed by atoms with Crippen LogP contribution >= 0.6 is 0 Å². The van der Waals surface area contributed by atoms with E-state index in [0.717, 1.165) is 19.3 Å². The Balaban J connectivity index is 2.20. The first kappa shape index (κ1) is 25.5. The molecule has 0 amide bonds. The second-order valence-electron chi connectivity index (χ2n) is 6.99. The Bertz CT molecular complexity index is 645. The summed E-state index contributed by atoms with van der Waals surface area (Å²) in [5, 5.41) is 9.89. The summed E-state index contributed by atoms with van der Waals surface area (Å²) in [7, 11) is -5.06. The van der Waals surface area contributed by atoms with Crippen LogP contribution in [0.2, 0.25) is 0 Å². The molecule has 10 nitrogen and oxygen atoms in total. The number of hydrogen-bond acceptors (Lipinski definition) is 9. The Morgan fingerprint density at radius 2 is 1.62 bits per heavy atom. The van der Waals surface area contributed by atoms with Crippen molar-refractivity contribution >= 4 is 28.1 Å². The van der Waals surface area contributed by atoms with E-state index in [2.05, 4.69) is 15.8 Å². The van der Waals surface area contributed by atoms with Gasteiger partial charge in [0.2, 0.25) is 11.9 Å². The number of hydrogen-bond donors (Lipinski definition) is 2. The third-order valence-electron chi connectivity index (χ3n) is 4.46. The van der Waals surface area contributed by atoms with Gasteiger partial charge in [-0.05, 0) is 6.42 Å². The van der Waals surface area contributed by atoms with Crippen LogP contribution in [0.1, 0.15) is 71.1 Å². The Hall–Kier alpha value is -1.56. The molecular weight excluding hydrogens is 408 g/mol. The number of aliphatic hydroxyl groups excluding tert-OH is 1. The highest BCUT2D eigenvalue weighted by Gasteiger charge is 2.50. The average Bonchev–Trinajstić information content (AvgIpc) is 2.91. The van der Waals surface area contributed by atoms with Gasteiger partial charge in [0.05, 0.1) is 0 Å². The van der Waals surface area contributed by atoms with Crippen LogP contribution in [-0.4, -0.2) is 60.7 Å². The Morgan fingerprint density at radius 3 is 2.17 bits per heavy atom. The third-order valence-corrected chi connectivity index (χ3v) is 4.90. The molecule has 1 heterocycles. The number of Topliss-reactive ketones (excluding diaryl/α,β-unsaturated/α-hetero) is 1. The fourth-order valence-corrected chi connectivity index (χ4v) is 3.32. The van der Waals surface area contributed by atoms with E-state index in [1.54, 1.807) is 0 Å². The molecule has 29 heavy (non-hydrogen) atoms. The lowest BCUT2D eigenvalue weighted by Gasteiger charge is -2.15. The van der Waals surface area contributed by atoms with E-state index in [-0.39, 0.29) is 6.42 Å². The number of carbonyl (C=O) groups excluding carboxylic acids is 3. The standard InChI is InChI=1S/C18H30O10S/c1-2-3-4-5-6-7-8-9-10-11-14(20)26-12-13(19)16-15(21)17(18(22)27-16)28-29(23,24)25/h13,16-17,19H,2-12H2,1H3,(H,23,24,25)/t13-,16+,17?/m0/s1. The predicted molar refractivity (Wildman–Crippen MR) is 100 cm³/mol. The summed E-state index contributed by atoms with van der Waals surface area (Å²) >= 11 is 0. The number of ether oxygens (including phenoxy) is 2. The molecule has 0 radical (unpaired) electrons. The van der Waals surface area contributed by atoms with Crippen LogP contribution in [0.4, 0.5) is 0 Å². The number of aliphatic hydroxyl groups is 1. The molecule has 0 aliphatic carbocycles. The molecule has 1 saturated heterocycles. The molecule has 1 rings (SSSR count). The molecule has 0 aromatic carbocycles. The fourth-order valence-electron chi connectivity index (χ4n) is 2.90. The van der Waals surface area contributed by atoms with Crippen LogP contribution in [-0.2, 0) is 38.4 Å². The average molecular weight is 438 g/mol. The van der Waals surface area contributed by atoms with Gasteiger partial charge in [-0.15, -0.1) is 0 Å². The SMILES string of the molecule is CCCCCCCCCCCC(=O)OC[C@H](O)[C@H]1OC(=O)C(OS(=O)(=O)O)C1=O. The summed E-state index contributed by atoms with van der Waals surface area (Å²) in [6.07, 6.45) is 4.40. The zero-order chi connectivity index (χ0) is 21.9. The van der Waals surface area contributed by atoms with Gasteiger partial charge < -0.3 is 14.6 Å². The van der Waals surface area contributed by atoms with E-state index in [1.807, 2.05) is 0 Å². The minimum absolute atomic E-state index is 0.162. The molecule has 0 saturated carbocycles. The van der Waals surface area contributed by atoms with Gasteiger partial charge in [0.15, 0.2) is 6.10 Å². The molecule has 0 aromatic rings. The van der Waals surface area contributed by atoms with Crippen molar-refractivity contribution in [1.29, 1.82) is 0 Å². The zero-order valence-electron chi connectivity index (χ0n) is 16.6. The largest absolute Gasteiger partial charge is 0.463 e. The van der Waals surface area contributed by atoms with Gasteiger partial charge in [0.25, 0.3) is 0 Å². The summed E-state index contributed by atoms with van der Waals surface area (Å²) in [4.78, 5) is 35.0. The van der Waals surface area contributed by atoms with Crippen molar-refractivity contribution < 1.29 is 46.1 Å². The Morgan fingerprint density at radius 1 is 1.07 bits per heavy atom.